The van der Waals surface area contributed by atoms with Crippen molar-refractivity contribution in [2.45, 2.75) is 348 Å². The van der Waals surface area contributed by atoms with Crippen LogP contribution < -0.4 is 0 Å². The highest BCUT2D eigenvalue weighted by molar-refractivity contribution is 5.71. The largest absolute Gasteiger partial charge is 0.462 e. The summed E-state index contributed by atoms with van der Waals surface area (Å²) in [5.41, 5.74) is 0. The van der Waals surface area contributed by atoms with Gasteiger partial charge in [0.25, 0.3) is 0 Å². The monoisotopic (exact) mass is 1150 g/mol. The van der Waals surface area contributed by atoms with Crippen LogP contribution in [0, 0.1) is 0 Å². The standard InChI is InChI=1S/C77H132O6/c1-4-7-10-13-16-19-22-25-28-30-32-34-35-36-37-38-39-40-41-43-44-46-49-52-55-58-61-64-67-70-76(79)82-73-74(72-81-75(78)69-66-63-60-57-54-51-48-27-24-21-18-15-12-9-6-3)83-77(80)71-68-65-62-59-56-53-50-47-45-42-33-31-29-26-23-20-17-14-11-8-5-2/h7,9-10,12,16,18-19,21,23,25-28,31-34,48,74H,4-6,8,11,13-15,17,20,22,24,29-30,35-47,49-73H2,1-3H3/b10-7-,12-9-,19-16-,21-18-,26-23-,28-25-,33-31-,34-32-,48-27-. The lowest BCUT2D eigenvalue weighted by molar-refractivity contribution is -0.167. The van der Waals surface area contributed by atoms with Crippen molar-refractivity contribution in [2.24, 2.45) is 0 Å². The van der Waals surface area contributed by atoms with Gasteiger partial charge in [0.15, 0.2) is 6.10 Å². The van der Waals surface area contributed by atoms with Crippen LogP contribution in [-0.4, -0.2) is 37.2 Å². The summed E-state index contributed by atoms with van der Waals surface area (Å²) in [4.78, 5) is 38.5. The molecule has 0 saturated carbocycles. The Labute approximate surface area is 514 Å². The van der Waals surface area contributed by atoms with E-state index in [0.29, 0.717) is 19.3 Å². The molecule has 0 aliphatic carbocycles. The zero-order chi connectivity index (χ0) is 59.9. The van der Waals surface area contributed by atoms with Gasteiger partial charge in [-0.15, -0.1) is 0 Å². The molecule has 1 unspecified atom stereocenters. The number of hydrogen-bond acceptors (Lipinski definition) is 6. The van der Waals surface area contributed by atoms with E-state index in [1.807, 2.05) is 0 Å². The van der Waals surface area contributed by atoms with Gasteiger partial charge >= 0.3 is 17.9 Å². The molecule has 83 heavy (non-hydrogen) atoms. The van der Waals surface area contributed by atoms with Crippen molar-refractivity contribution in [3.63, 3.8) is 0 Å². The molecule has 0 amide bonds. The minimum Gasteiger partial charge on any atom is -0.462 e. The Morgan fingerprint density at radius 2 is 0.470 bits per heavy atom. The van der Waals surface area contributed by atoms with Crippen LogP contribution in [0.2, 0.25) is 0 Å². The Hall–Kier alpha value is -3.93. The second-order valence-corrected chi connectivity index (χ2v) is 23.4. The Bertz CT molecular complexity index is 1660. The number of allylic oxidation sites excluding steroid dienone is 18. The highest BCUT2D eigenvalue weighted by Crippen LogP contribution is 2.17. The highest BCUT2D eigenvalue weighted by atomic mass is 16.6. The second kappa shape index (κ2) is 70.6. The normalized spacial score (nSPS) is 12.8. The van der Waals surface area contributed by atoms with E-state index in [-0.39, 0.29) is 31.1 Å². The maximum Gasteiger partial charge on any atom is 0.306 e. The zero-order valence-corrected chi connectivity index (χ0v) is 54.7. The predicted molar refractivity (Wildman–Crippen MR) is 362 cm³/mol. The van der Waals surface area contributed by atoms with E-state index in [2.05, 4.69) is 130 Å². The lowest BCUT2D eigenvalue weighted by Crippen LogP contribution is -2.30. The van der Waals surface area contributed by atoms with Gasteiger partial charge < -0.3 is 14.2 Å². The average Bonchev–Trinajstić information content (AvgIpc) is 3.49. The number of carbonyl (C=O) groups is 3. The summed E-state index contributed by atoms with van der Waals surface area (Å²) in [5.74, 6) is -0.891. The van der Waals surface area contributed by atoms with Crippen LogP contribution in [0.25, 0.3) is 0 Å². The lowest BCUT2D eigenvalue weighted by Gasteiger charge is -2.18. The lowest BCUT2D eigenvalue weighted by atomic mass is 10.0. The van der Waals surface area contributed by atoms with Gasteiger partial charge in [0, 0.05) is 19.3 Å². The molecule has 476 valence electrons. The molecule has 6 heteroatoms. The minimum atomic E-state index is -0.790. The quantitative estimate of drug-likeness (QED) is 0.0261. The molecule has 0 radical (unpaired) electrons. The summed E-state index contributed by atoms with van der Waals surface area (Å²) in [7, 11) is 0. The molecular formula is C77H132O6. The molecule has 0 fully saturated rings. The van der Waals surface area contributed by atoms with Crippen LogP contribution in [0.4, 0.5) is 0 Å². The number of hydrogen-bond donors (Lipinski definition) is 0. The fourth-order valence-corrected chi connectivity index (χ4v) is 10.0. The highest BCUT2D eigenvalue weighted by Gasteiger charge is 2.19. The van der Waals surface area contributed by atoms with Crippen molar-refractivity contribution >= 4 is 17.9 Å². The van der Waals surface area contributed by atoms with Crippen molar-refractivity contribution < 1.29 is 28.6 Å². The zero-order valence-electron chi connectivity index (χ0n) is 54.7. The molecule has 0 saturated heterocycles. The number of rotatable bonds is 64. The van der Waals surface area contributed by atoms with Gasteiger partial charge in [-0.05, 0) is 122 Å². The topological polar surface area (TPSA) is 78.9 Å². The van der Waals surface area contributed by atoms with E-state index >= 15 is 0 Å². The third-order valence-corrected chi connectivity index (χ3v) is 15.2. The molecule has 0 rings (SSSR count). The summed E-state index contributed by atoms with van der Waals surface area (Å²) < 4.78 is 17.0. The van der Waals surface area contributed by atoms with Crippen LogP contribution in [0.15, 0.2) is 109 Å². The van der Waals surface area contributed by atoms with Gasteiger partial charge in [0.1, 0.15) is 13.2 Å². The molecular weight excluding hydrogens is 1020 g/mol. The first-order valence-corrected chi connectivity index (χ1v) is 35.4. The fourth-order valence-electron chi connectivity index (χ4n) is 10.0. The first-order chi connectivity index (χ1) is 41.0. The van der Waals surface area contributed by atoms with E-state index in [0.717, 1.165) is 128 Å². The van der Waals surface area contributed by atoms with Crippen molar-refractivity contribution in [3.8, 4) is 0 Å². The SMILES string of the molecule is CC/C=C\C/C=C\C/C=C\C/C=C\CCCCCCCCCCCCCCCCCCC(=O)OCC(COC(=O)CCCCCCC/C=C\C/C=C\C/C=C\CC)OC(=O)CCCCCCCCCCC/C=C\C/C=C\CCCCCCC. The number of ether oxygens (including phenoxy) is 3. The van der Waals surface area contributed by atoms with Crippen molar-refractivity contribution in [1.82, 2.24) is 0 Å². The van der Waals surface area contributed by atoms with Crippen LogP contribution in [0.5, 0.6) is 0 Å². The van der Waals surface area contributed by atoms with Gasteiger partial charge in [0.2, 0.25) is 0 Å². The van der Waals surface area contributed by atoms with Crippen molar-refractivity contribution in [2.75, 3.05) is 13.2 Å². The van der Waals surface area contributed by atoms with Gasteiger partial charge in [0.05, 0.1) is 0 Å². The van der Waals surface area contributed by atoms with Crippen LogP contribution >= 0.6 is 0 Å². The molecule has 0 aliphatic heterocycles. The fraction of sp³-hybridized carbons (Fsp3) is 0.727. The minimum absolute atomic E-state index is 0.0837. The number of unbranched alkanes of at least 4 members (excludes halogenated alkanes) is 35. The van der Waals surface area contributed by atoms with E-state index in [4.69, 9.17) is 14.2 Å². The van der Waals surface area contributed by atoms with Crippen LogP contribution in [0.1, 0.15) is 342 Å². The first kappa shape index (κ1) is 79.1. The molecule has 0 heterocycles. The van der Waals surface area contributed by atoms with E-state index < -0.39 is 6.10 Å². The predicted octanol–water partition coefficient (Wildman–Crippen LogP) is 24.6. The van der Waals surface area contributed by atoms with E-state index in [1.165, 1.54) is 173 Å². The molecule has 0 aliphatic rings. The molecule has 0 aromatic heterocycles. The number of esters is 3. The molecule has 1 atom stereocenters. The van der Waals surface area contributed by atoms with E-state index in [1.54, 1.807) is 0 Å². The molecule has 0 bridgehead atoms. The van der Waals surface area contributed by atoms with Gasteiger partial charge in [-0.3, -0.25) is 14.4 Å². The summed E-state index contributed by atoms with van der Waals surface area (Å²) in [6, 6.07) is 0. The summed E-state index contributed by atoms with van der Waals surface area (Å²) in [6.45, 7) is 6.43. The van der Waals surface area contributed by atoms with Crippen LogP contribution in [-0.2, 0) is 28.6 Å². The Balaban J connectivity index is 4.29. The first-order valence-electron chi connectivity index (χ1n) is 35.4. The smallest absolute Gasteiger partial charge is 0.306 e. The summed E-state index contributed by atoms with van der Waals surface area (Å²) in [5, 5.41) is 0. The van der Waals surface area contributed by atoms with Gasteiger partial charge in [-0.1, -0.05) is 310 Å². The third-order valence-electron chi connectivity index (χ3n) is 15.2. The van der Waals surface area contributed by atoms with Crippen molar-refractivity contribution in [1.29, 1.82) is 0 Å². The molecule has 6 nitrogen and oxygen atoms in total. The molecule has 0 aromatic carbocycles. The maximum absolute atomic E-state index is 13.0. The summed E-state index contributed by atoms with van der Waals surface area (Å²) >= 11 is 0. The Kier molecular flexibility index (Phi) is 67.2. The summed E-state index contributed by atoms with van der Waals surface area (Å²) in [6.07, 6.45) is 96.9. The van der Waals surface area contributed by atoms with Gasteiger partial charge in [-0.25, -0.2) is 0 Å². The Morgan fingerprint density at radius 1 is 0.253 bits per heavy atom. The Morgan fingerprint density at radius 3 is 0.735 bits per heavy atom. The molecule has 0 N–H and O–H groups in total. The molecule has 0 aromatic rings. The number of carbonyl (C=O) groups excluding carboxylic acids is 3. The van der Waals surface area contributed by atoms with Crippen molar-refractivity contribution in [3.05, 3.63) is 109 Å². The van der Waals surface area contributed by atoms with Gasteiger partial charge in [-0.2, -0.15) is 0 Å². The average molecular weight is 1150 g/mol. The van der Waals surface area contributed by atoms with E-state index in [9.17, 15) is 14.4 Å². The third kappa shape index (κ3) is 68.7. The second-order valence-electron chi connectivity index (χ2n) is 23.4. The van der Waals surface area contributed by atoms with Crippen LogP contribution in [0.3, 0.4) is 0 Å². The maximum atomic E-state index is 13.0. The molecule has 0 spiro atoms.